The van der Waals surface area contributed by atoms with Gasteiger partial charge in [0.25, 0.3) is 0 Å². The molecule has 0 aromatic carbocycles. The Labute approximate surface area is 113 Å². The quantitative estimate of drug-likeness (QED) is 0.390. The minimum absolute atomic E-state index is 0. The van der Waals surface area contributed by atoms with Gasteiger partial charge in [-0.25, -0.2) is 0 Å². The molecule has 0 heterocycles. The van der Waals surface area contributed by atoms with E-state index in [2.05, 4.69) is 0 Å². The van der Waals surface area contributed by atoms with Crippen molar-refractivity contribution < 1.29 is 116 Å². The van der Waals surface area contributed by atoms with Crippen molar-refractivity contribution in [3.05, 3.63) is 0 Å². The van der Waals surface area contributed by atoms with Gasteiger partial charge in [0.15, 0.2) is 0 Å². The summed E-state index contributed by atoms with van der Waals surface area (Å²) in [6.07, 6.45) is 0. The Balaban J connectivity index is 0. The Morgan fingerprint density at radius 3 is 0.750 bits per heavy atom. The standard InChI is InChI=1S/Cr.K.4H2O.O.Zn/h;;4*1H2;;/q;+1;;;;;-2;+2/p-2. The smallest absolute Gasteiger partial charge is 2.00 e. The Morgan fingerprint density at radius 2 is 0.750 bits per heavy atom. The van der Waals surface area contributed by atoms with Crippen LogP contribution in [-0.2, 0) is 42.3 Å². The maximum Gasteiger partial charge on any atom is 2.00 e. The van der Waals surface area contributed by atoms with Crippen molar-refractivity contribution in [3.8, 4) is 0 Å². The van der Waals surface area contributed by atoms with E-state index in [-0.39, 0.29) is 116 Å². The summed E-state index contributed by atoms with van der Waals surface area (Å²) >= 11 is 0. The SMILES string of the molecule is O.O.[Cr].[K+].[O-2].[OH-].[OH-].[Zn+2]. The zero-order valence-corrected chi connectivity index (χ0v) is 11.8. The Bertz CT molecular complexity index is 12.4. The van der Waals surface area contributed by atoms with E-state index in [9.17, 15) is 0 Å². The average molecular weight is 243 g/mol. The first-order valence-corrected chi connectivity index (χ1v) is 0. The molecule has 46 valence electrons. The maximum atomic E-state index is 0. The zero-order valence-electron chi connectivity index (χ0n) is 4.42. The monoisotopic (exact) mass is 241 g/mol. The van der Waals surface area contributed by atoms with Gasteiger partial charge in [0.1, 0.15) is 0 Å². The van der Waals surface area contributed by atoms with Crippen LogP contribution in [-0.4, -0.2) is 21.9 Å². The third-order valence-electron chi connectivity index (χ3n) is 0. The summed E-state index contributed by atoms with van der Waals surface area (Å²) < 4.78 is 0. The second kappa shape index (κ2) is 105. The first-order valence-electron chi connectivity index (χ1n) is 0. The first-order chi connectivity index (χ1) is 0. The normalized spacial score (nSPS) is 0. The van der Waals surface area contributed by atoms with Crippen molar-refractivity contribution in [3.63, 3.8) is 0 Å². The van der Waals surface area contributed by atoms with Gasteiger partial charge in [-0.15, -0.1) is 0 Å². The number of hydrogen-bond donors (Lipinski definition) is 0. The zero-order chi connectivity index (χ0) is 0. The molecule has 0 atom stereocenters. The van der Waals surface area contributed by atoms with E-state index < -0.39 is 0 Å². The van der Waals surface area contributed by atoms with E-state index >= 15 is 0 Å². The van der Waals surface area contributed by atoms with Gasteiger partial charge >= 0.3 is 70.9 Å². The Kier molecular flexibility index (Phi) is 1910. The van der Waals surface area contributed by atoms with E-state index in [1.807, 2.05) is 0 Å². The largest absolute Gasteiger partial charge is 2.00 e. The summed E-state index contributed by atoms with van der Waals surface area (Å²) in [4.78, 5) is 0. The van der Waals surface area contributed by atoms with Gasteiger partial charge < -0.3 is 27.4 Å². The number of hydrogen-bond acceptors (Lipinski definition) is 2. The van der Waals surface area contributed by atoms with E-state index in [1.165, 1.54) is 0 Å². The number of rotatable bonds is 0. The van der Waals surface area contributed by atoms with E-state index in [0.29, 0.717) is 0 Å². The van der Waals surface area contributed by atoms with Crippen LogP contribution in [0.5, 0.6) is 0 Å². The van der Waals surface area contributed by atoms with Gasteiger partial charge in [0.2, 0.25) is 0 Å². The molecule has 0 aliphatic rings. The molecule has 8 heavy (non-hydrogen) atoms. The molecule has 0 radical (unpaired) electrons. The van der Waals surface area contributed by atoms with Gasteiger partial charge in [-0.05, 0) is 0 Å². The van der Waals surface area contributed by atoms with Crippen LogP contribution < -0.4 is 51.4 Å². The molecule has 8 heteroatoms. The minimum atomic E-state index is 0. The van der Waals surface area contributed by atoms with Gasteiger partial charge in [0.05, 0.1) is 0 Å². The van der Waals surface area contributed by atoms with Gasteiger partial charge in [-0.1, -0.05) is 0 Å². The summed E-state index contributed by atoms with van der Waals surface area (Å²) in [6, 6.07) is 0. The molecule has 6 N–H and O–H groups in total. The van der Waals surface area contributed by atoms with E-state index in [4.69, 9.17) is 0 Å². The Morgan fingerprint density at radius 1 is 0.750 bits per heavy atom. The topological polar surface area (TPSA) is 152 Å². The van der Waals surface area contributed by atoms with Crippen LogP contribution in [0.15, 0.2) is 0 Å². The maximum absolute atomic E-state index is 0. The van der Waals surface area contributed by atoms with Crippen molar-refractivity contribution in [1.82, 2.24) is 0 Å². The summed E-state index contributed by atoms with van der Waals surface area (Å²) in [5.74, 6) is 0. The predicted octanol–water partition coefficient (Wildman–Crippen LogP) is -5.12. The van der Waals surface area contributed by atoms with Gasteiger partial charge in [-0.2, -0.15) is 0 Å². The summed E-state index contributed by atoms with van der Waals surface area (Å²) in [5, 5.41) is 0. The molecule has 0 rings (SSSR count). The molecular formula is H6CrKO5Zn-. The fourth-order valence-electron chi connectivity index (χ4n) is 0. The van der Waals surface area contributed by atoms with Crippen LogP contribution in [0, 0.1) is 0 Å². The molecule has 0 aliphatic heterocycles. The molecule has 0 aromatic rings. The third-order valence-corrected chi connectivity index (χ3v) is 0. The molecule has 0 aliphatic carbocycles. The molecule has 0 saturated carbocycles. The molecule has 0 saturated heterocycles. The second-order valence-electron chi connectivity index (χ2n) is 0. The van der Waals surface area contributed by atoms with E-state index in [1.54, 1.807) is 0 Å². The second-order valence-corrected chi connectivity index (χ2v) is 0. The van der Waals surface area contributed by atoms with Crippen LogP contribution in [0.1, 0.15) is 0 Å². The first kappa shape index (κ1) is 145. The van der Waals surface area contributed by atoms with E-state index in [0.717, 1.165) is 0 Å². The summed E-state index contributed by atoms with van der Waals surface area (Å²) in [7, 11) is 0. The molecule has 0 fully saturated rings. The fourth-order valence-corrected chi connectivity index (χ4v) is 0. The van der Waals surface area contributed by atoms with Crippen molar-refractivity contribution >= 4 is 0 Å². The predicted molar refractivity (Wildman–Crippen MR) is 11.8 cm³/mol. The summed E-state index contributed by atoms with van der Waals surface area (Å²) in [5.41, 5.74) is 0. The van der Waals surface area contributed by atoms with Crippen LogP contribution in [0.2, 0.25) is 0 Å². The van der Waals surface area contributed by atoms with Crippen molar-refractivity contribution in [2.24, 2.45) is 0 Å². The molecule has 0 amide bonds. The molecule has 0 unspecified atom stereocenters. The average Bonchev–Trinajstić information content (AvgIpc) is 0. The van der Waals surface area contributed by atoms with Crippen molar-refractivity contribution in [2.75, 3.05) is 0 Å². The van der Waals surface area contributed by atoms with Crippen molar-refractivity contribution in [2.45, 2.75) is 0 Å². The molecule has 0 spiro atoms. The fraction of sp³-hybridized carbons (Fsp3) is 0. The van der Waals surface area contributed by atoms with Crippen molar-refractivity contribution in [1.29, 1.82) is 0 Å². The van der Waals surface area contributed by atoms with Crippen LogP contribution in [0.4, 0.5) is 0 Å². The van der Waals surface area contributed by atoms with Gasteiger partial charge in [-0.3, -0.25) is 0 Å². The molecular weight excluding hydrogens is 236 g/mol. The third kappa shape index (κ3) is 73.7. The minimum Gasteiger partial charge on any atom is -2.00 e. The van der Waals surface area contributed by atoms with Gasteiger partial charge in [0, 0.05) is 17.4 Å². The van der Waals surface area contributed by atoms with Crippen LogP contribution in [0.25, 0.3) is 0 Å². The molecule has 0 bridgehead atoms. The molecule has 0 aromatic heterocycles. The molecule has 5 nitrogen and oxygen atoms in total. The Hall–Kier alpha value is 2.59. The summed E-state index contributed by atoms with van der Waals surface area (Å²) in [6.45, 7) is 0. The van der Waals surface area contributed by atoms with Crippen LogP contribution >= 0.6 is 0 Å². The van der Waals surface area contributed by atoms with Crippen LogP contribution in [0.3, 0.4) is 0 Å².